The minimum absolute atomic E-state index is 0.310. The largest absolute Gasteiger partial charge is 0.463 e. The summed E-state index contributed by atoms with van der Waals surface area (Å²) in [4.78, 5) is 16.8. The first kappa shape index (κ1) is 21.5. The Bertz CT molecular complexity index is 685. The Balaban J connectivity index is 1.38. The summed E-state index contributed by atoms with van der Waals surface area (Å²) in [5.41, 5.74) is 2.40. The van der Waals surface area contributed by atoms with Crippen LogP contribution in [0.1, 0.15) is 24.6 Å². The standard InChI is InChI=1S/C20H33IN6O2/c1-15-13-27(18(21)14-29-15)6-3-11-28-20-23-17-12-22-5-4-16(17)19(24-20)26-9-7-25(2)8-10-26/h15,18,22H,3-14H2,1-2H3/t15-,18+/m0/s1. The van der Waals surface area contributed by atoms with Crippen molar-refractivity contribution in [3.8, 4) is 6.01 Å². The highest BCUT2D eigenvalue weighted by molar-refractivity contribution is 14.1. The first-order chi connectivity index (χ1) is 14.1. The summed E-state index contributed by atoms with van der Waals surface area (Å²) in [7, 11) is 2.18. The lowest BCUT2D eigenvalue weighted by Gasteiger charge is -2.35. The minimum atomic E-state index is 0.310. The van der Waals surface area contributed by atoms with E-state index in [9.17, 15) is 0 Å². The van der Waals surface area contributed by atoms with E-state index in [0.29, 0.717) is 22.8 Å². The Morgan fingerprint density at radius 3 is 2.90 bits per heavy atom. The molecule has 0 amide bonds. The Morgan fingerprint density at radius 2 is 2.07 bits per heavy atom. The van der Waals surface area contributed by atoms with Crippen LogP contribution < -0.4 is 15.0 Å². The van der Waals surface area contributed by atoms with Crippen molar-refractivity contribution in [1.29, 1.82) is 0 Å². The van der Waals surface area contributed by atoms with Crippen LogP contribution in [0.5, 0.6) is 6.01 Å². The quantitative estimate of drug-likeness (QED) is 0.261. The van der Waals surface area contributed by atoms with Gasteiger partial charge in [0.1, 0.15) is 5.82 Å². The number of nitrogens with zero attached hydrogens (tertiary/aromatic N) is 5. The van der Waals surface area contributed by atoms with Crippen LogP contribution in [-0.2, 0) is 17.7 Å². The number of halogens is 1. The summed E-state index contributed by atoms with van der Waals surface area (Å²) in [6.07, 6.45) is 2.27. The highest BCUT2D eigenvalue weighted by Gasteiger charge is 2.25. The lowest BCUT2D eigenvalue weighted by atomic mass is 10.1. The Morgan fingerprint density at radius 1 is 1.24 bits per heavy atom. The summed E-state index contributed by atoms with van der Waals surface area (Å²) in [6.45, 7) is 11.6. The molecule has 1 N–H and O–H groups in total. The molecule has 0 radical (unpaired) electrons. The first-order valence-electron chi connectivity index (χ1n) is 10.8. The zero-order valence-electron chi connectivity index (χ0n) is 17.6. The fourth-order valence-corrected chi connectivity index (χ4v) is 4.88. The van der Waals surface area contributed by atoms with Gasteiger partial charge in [-0.15, -0.1) is 0 Å². The number of aromatic nitrogens is 2. The SMILES string of the molecule is C[C@H]1CN(CCCOc2nc3c(c(N4CCN(C)CC4)n2)CCNC3)[C@@H](I)CO1. The van der Waals surface area contributed by atoms with Crippen molar-refractivity contribution in [1.82, 2.24) is 25.1 Å². The molecule has 1 aromatic rings. The number of fused-ring (bicyclic) bond motifs is 1. The van der Waals surface area contributed by atoms with E-state index in [4.69, 9.17) is 19.4 Å². The maximum Gasteiger partial charge on any atom is 0.318 e. The zero-order valence-corrected chi connectivity index (χ0v) is 19.7. The number of ether oxygens (including phenoxy) is 2. The lowest BCUT2D eigenvalue weighted by molar-refractivity contribution is -0.0253. The zero-order chi connectivity index (χ0) is 20.2. The van der Waals surface area contributed by atoms with Gasteiger partial charge < -0.3 is 24.6 Å². The van der Waals surface area contributed by atoms with Crippen LogP contribution in [-0.4, -0.2) is 96.0 Å². The second-order valence-corrected chi connectivity index (χ2v) is 9.69. The molecule has 0 saturated carbocycles. The van der Waals surface area contributed by atoms with Crippen LogP contribution in [0.25, 0.3) is 0 Å². The molecule has 8 nitrogen and oxygen atoms in total. The summed E-state index contributed by atoms with van der Waals surface area (Å²) < 4.78 is 12.2. The molecule has 2 fully saturated rings. The maximum absolute atomic E-state index is 6.03. The average molecular weight is 516 g/mol. The third-order valence-corrected chi connectivity index (χ3v) is 7.07. The van der Waals surface area contributed by atoms with Gasteiger partial charge in [-0.2, -0.15) is 9.97 Å². The van der Waals surface area contributed by atoms with Crippen LogP contribution in [0.2, 0.25) is 0 Å². The molecule has 3 aliphatic rings. The smallest absolute Gasteiger partial charge is 0.318 e. The molecular formula is C20H33IN6O2. The van der Waals surface area contributed by atoms with Gasteiger partial charge >= 0.3 is 6.01 Å². The number of hydrogen-bond donors (Lipinski definition) is 1. The molecule has 0 aliphatic carbocycles. The number of nitrogens with one attached hydrogen (secondary N) is 1. The number of hydrogen-bond acceptors (Lipinski definition) is 8. The molecule has 3 aliphatic heterocycles. The second kappa shape index (κ2) is 10.0. The van der Waals surface area contributed by atoms with Crippen LogP contribution in [0.3, 0.4) is 0 Å². The average Bonchev–Trinajstić information content (AvgIpc) is 2.73. The van der Waals surface area contributed by atoms with Crippen molar-refractivity contribution in [3.05, 3.63) is 11.3 Å². The Hall–Kier alpha value is -0.750. The number of alkyl halides is 1. The third-order valence-electron chi connectivity index (χ3n) is 5.92. The predicted octanol–water partition coefficient (Wildman–Crippen LogP) is 1.12. The van der Waals surface area contributed by atoms with Crippen molar-refractivity contribution in [3.63, 3.8) is 0 Å². The van der Waals surface area contributed by atoms with E-state index < -0.39 is 0 Å². The molecule has 0 spiro atoms. The van der Waals surface area contributed by atoms with Crippen LogP contribution in [0.4, 0.5) is 5.82 Å². The molecular weight excluding hydrogens is 483 g/mol. The van der Waals surface area contributed by atoms with Crippen molar-refractivity contribution in [2.45, 2.75) is 36.5 Å². The highest BCUT2D eigenvalue weighted by Crippen LogP contribution is 2.27. The number of anilines is 1. The van der Waals surface area contributed by atoms with Crippen molar-refractivity contribution >= 4 is 28.4 Å². The number of likely N-dealkylation sites (N-methyl/N-ethyl adjacent to an activating group) is 1. The highest BCUT2D eigenvalue weighted by atomic mass is 127. The van der Waals surface area contributed by atoms with Gasteiger partial charge in [0.25, 0.3) is 0 Å². The van der Waals surface area contributed by atoms with Gasteiger partial charge in [-0.05, 0) is 33.4 Å². The second-order valence-electron chi connectivity index (χ2n) is 8.25. The molecule has 4 heterocycles. The summed E-state index contributed by atoms with van der Waals surface area (Å²) in [5, 5.41) is 3.43. The monoisotopic (exact) mass is 516 g/mol. The van der Waals surface area contributed by atoms with E-state index in [0.717, 1.165) is 83.3 Å². The van der Waals surface area contributed by atoms with Crippen molar-refractivity contribution in [2.24, 2.45) is 0 Å². The van der Waals surface area contributed by atoms with E-state index in [2.05, 4.69) is 56.6 Å². The number of morpholine rings is 1. The van der Waals surface area contributed by atoms with Gasteiger partial charge in [0.2, 0.25) is 0 Å². The molecule has 29 heavy (non-hydrogen) atoms. The maximum atomic E-state index is 6.03. The molecule has 1 aromatic heterocycles. The van der Waals surface area contributed by atoms with Gasteiger partial charge in [-0.3, -0.25) is 4.90 Å². The molecule has 162 valence electrons. The molecule has 0 unspecified atom stereocenters. The van der Waals surface area contributed by atoms with E-state index in [1.165, 1.54) is 5.56 Å². The van der Waals surface area contributed by atoms with Crippen molar-refractivity contribution < 1.29 is 9.47 Å². The van der Waals surface area contributed by atoms with Crippen LogP contribution in [0, 0.1) is 0 Å². The van der Waals surface area contributed by atoms with E-state index >= 15 is 0 Å². The van der Waals surface area contributed by atoms with Crippen LogP contribution in [0.15, 0.2) is 0 Å². The topological polar surface area (TPSA) is 66.0 Å². The first-order valence-corrected chi connectivity index (χ1v) is 12.0. The minimum Gasteiger partial charge on any atom is -0.463 e. The fourth-order valence-electron chi connectivity index (χ4n) is 4.17. The molecule has 9 heteroatoms. The summed E-state index contributed by atoms with van der Waals surface area (Å²) in [5.74, 6) is 1.09. The van der Waals surface area contributed by atoms with Gasteiger partial charge in [0.15, 0.2) is 0 Å². The van der Waals surface area contributed by atoms with Crippen LogP contribution >= 0.6 is 22.6 Å². The number of piperazine rings is 1. The fraction of sp³-hybridized carbons (Fsp3) is 0.800. The van der Waals surface area contributed by atoms with E-state index in [-0.39, 0.29) is 0 Å². The van der Waals surface area contributed by atoms with Gasteiger partial charge in [0, 0.05) is 51.4 Å². The van der Waals surface area contributed by atoms with E-state index in [1.807, 2.05) is 0 Å². The Labute approximate surface area is 187 Å². The predicted molar refractivity (Wildman–Crippen MR) is 122 cm³/mol. The molecule has 2 atom stereocenters. The van der Waals surface area contributed by atoms with E-state index in [1.54, 1.807) is 0 Å². The molecule has 0 bridgehead atoms. The summed E-state index contributed by atoms with van der Waals surface area (Å²) in [6, 6.07) is 0.530. The normalized spacial score (nSPS) is 26.4. The number of rotatable bonds is 6. The molecule has 2 saturated heterocycles. The molecule has 0 aromatic carbocycles. The lowest BCUT2D eigenvalue weighted by Crippen LogP contribution is -2.46. The van der Waals surface area contributed by atoms with Gasteiger partial charge in [-0.1, -0.05) is 22.6 Å². The van der Waals surface area contributed by atoms with Crippen molar-refractivity contribution in [2.75, 3.05) is 71.0 Å². The third kappa shape index (κ3) is 5.49. The summed E-state index contributed by atoms with van der Waals surface area (Å²) >= 11 is 2.47. The van der Waals surface area contributed by atoms with Gasteiger partial charge in [0.05, 0.1) is 29.1 Å². The van der Waals surface area contributed by atoms with Gasteiger partial charge in [-0.25, -0.2) is 0 Å². The Kier molecular flexibility index (Phi) is 7.44. The molecule has 4 rings (SSSR count).